The fraction of sp³-hybridized carbons (Fsp3) is 0.333. The highest BCUT2D eigenvalue weighted by atomic mass is 19.1. The van der Waals surface area contributed by atoms with Gasteiger partial charge in [0.15, 0.2) is 0 Å². The highest BCUT2D eigenvalue weighted by molar-refractivity contribution is 5.96. The topological polar surface area (TPSA) is 52.7 Å². The minimum atomic E-state index is -0.657. The summed E-state index contributed by atoms with van der Waals surface area (Å²) >= 11 is 0. The van der Waals surface area contributed by atoms with E-state index in [1.54, 1.807) is 28.0 Å². The van der Waals surface area contributed by atoms with Gasteiger partial charge in [0.05, 0.1) is 0 Å². The van der Waals surface area contributed by atoms with Crippen molar-refractivity contribution in [3.05, 3.63) is 59.7 Å². The van der Waals surface area contributed by atoms with E-state index in [9.17, 15) is 18.4 Å². The van der Waals surface area contributed by atoms with E-state index in [1.807, 2.05) is 6.07 Å². The zero-order chi connectivity index (χ0) is 19.7. The van der Waals surface area contributed by atoms with Crippen LogP contribution >= 0.6 is 0 Å². The normalized spacial score (nSPS) is 17.0. The molecule has 0 atom stereocenters. The van der Waals surface area contributed by atoms with Crippen LogP contribution in [-0.4, -0.2) is 29.9 Å². The van der Waals surface area contributed by atoms with Crippen molar-refractivity contribution in [2.75, 3.05) is 23.3 Å². The third-order valence-electron chi connectivity index (χ3n) is 4.98. The molecule has 1 heterocycles. The van der Waals surface area contributed by atoms with Crippen LogP contribution < -0.4 is 10.2 Å². The van der Waals surface area contributed by atoms with Gasteiger partial charge in [-0.25, -0.2) is 13.6 Å². The number of nitrogens with one attached hydrogen (secondary N) is 1. The number of anilines is 2. The maximum Gasteiger partial charge on any atom is 0.324 e. The van der Waals surface area contributed by atoms with Gasteiger partial charge in [-0.15, -0.1) is 0 Å². The van der Waals surface area contributed by atoms with Crippen molar-refractivity contribution in [3.63, 3.8) is 0 Å². The summed E-state index contributed by atoms with van der Waals surface area (Å²) in [7, 11) is 0. The first-order chi connectivity index (χ1) is 13.5. The quantitative estimate of drug-likeness (QED) is 0.841. The van der Waals surface area contributed by atoms with Gasteiger partial charge in [-0.3, -0.25) is 9.69 Å². The van der Waals surface area contributed by atoms with E-state index >= 15 is 0 Å². The van der Waals surface area contributed by atoms with Gasteiger partial charge in [0.1, 0.15) is 11.6 Å². The third kappa shape index (κ3) is 4.13. The molecule has 2 fully saturated rings. The summed E-state index contributed by atoms with van der Waals surface area (Å²) in [5.74, 6) is -1.20. The van der Waals surface area contributed by atoms with Crippen LogP contribution in [0.5, 0.6) is 0 Å². The second-order valence-corrected chi connectivity index (χ2v) is 7.30. The molecule has 3 amide bonds. The zero-order valence-corrected chi connectivity index (χ0v) is 15.3. The standard InChI is InChI=1S/C21H21F2N3O2/c22-16-9-14(10-17(23)11-16)13-25-7-2-8-26(21(25)28)19-4-1-3-18(12-19)24-20(27)15-5-6-15/h1,3-4,9-12,15H,2,5-8,13H2,(H,24,27). The van der Waals surface area contributed by atoms with Crippen molar-refractivity contribution in [2.45, 2.75) is 25.8 Å². The average Bonchev–Trinajstić information content (AvgIpc) is 3.48. The summed E-state index contributed by atoms with van der Waals surface area (Å²) in [4.78, 5) is 28.1. The third-order valence-corrected chi connectivity index (χ3v) is 4.98. The summed E-state index contributed by atoms with van der Waals surface area (Å²) in [5.41, 5.74) is 1.76. The molecule has 0 unspecified atom stereocenters. The smallest absolute Gasteiger partial charge is 0.324 e. The van der Waals surface area contributed by atoms with E-state index in [4.69, 9.17) is 0 Å². The van der Waals surface area contributed by atoms with Gasteiger partial charge < -0.3 is 10.2 Å². The maximum absolute atomic E-state index is 13.4. The maximum atomic E-state index is 13.4. The Labute approximate surface area is 161 Å². The van der Waals surface area contributed by atoms with Crippen LogP contribution in [0.2, 0.25) is 0 Å². The molecule has 2 aliphatic rings. The van der Waals surface area contributed by atoms with E-state index in [0.717, 1.165) is 25.3 Å². The summed E-state index contributed by atoms with van der Waals surface area (Å²) in [6, 6.07) is 10.3. The molecule has 0 aromatic heterocycles. The second-order valence-electron chi connectivity index (χ2n) is 7.30. The van der Waals surface area contributed by atoms with Crippen molar-refractivity contribution in [1.82, 2.24) is 4.90 Å². The molecule has 1 aliphatic heterocycles. The fourth-order valence-electron chi connectivity index (χ4n) is 3.43. The van der Waals surface area contributed by atoms with E-state index in [2.05, 4.69) is 5.32 Å². The van der Waals surface area contributed by atoms with Gasteiger partial charge in [-0.2, -0.15) is 0 Å². The summed E-state index contributed by atoms with van der Waals surface area (Å²) in [6.07, 6.45) is 2.58. The lowest BCUT2D eigenvalue weighted by Crippen LogP contribution is -2.49. The number of hydrogen-bond acceptors (Lipinski definition) is 2. The zero-order valence-electron chi connectivity index (χ0n) is 15.3. The lowest BCUT2D eigenvalue weighted by atomic mass is 10.1. The minimum Gasteiger partial charge on any atom is -0.326 e. The van der Waals surface area contributed by atoms with Crippen LogP contribution in [0.3, 0.4) is 0 Å². The molecular formula is C21H21F2N3O2. The van der Waals surface area contributed by atoms with Gasteiger partial charge in [-0.05, 0) is 55.2 Å². The molecule has 2 aromatic carbocycles. The lowest BCUT2D eigenvalue weighted by Gasteiger charge is -2.36. The van der Waals surface area contributed by atoms with Gasteiger partial charge in [-0.1, -0.05) is 6.07 Å². The Bertz CT molecular complexity index is 894. The van der Waals surface area contributed by atoms with Crippen LogP contribution in [0.15, 0.2) is 42.5 Å². The average molecular weight is 385 g/mol. The Morgan fingerprint density at radius 2 is 1.82 bits per heavy atom. The number of carbonyl (C=O) groups is 2. The van der Waals surface area contributed by atoms with Gasteiger partial charge in [0.2, 0.25) is 5.91 Å². The molecule has 2 aromatic rings. The van der Waals surface area contributed by atoms with Crippen molar-refractivity contribution >= 4 is 23.3 Å². The molecule has 28 heavy (non-hydrogen) atoms. The molecule has 1 saturated heterocycles. The highest BCUT2D eigenvalue weighted by Crippen LogP contribution is 2.31. The first kappa shape index (κ1) is 18.4. The molecule has 0 radical (unpaired) electrons. The van der Waals surface area contributed by atoms with Crippen molar-refractivity contribution in [3.8, 4) is 0 Å². The number of halogens is 2. The number of hydrogen-bond donors (Lipinski definition) is 1. The predicted molar refractivity (Wildman–Crippen MR) is 102 cm³/mol. The van der Waals surface area contributed by atoms with Crippen LogP contribution in [0.25, 0.3) is 0 Å². The van der Waals surface area contributed by atoms with Gasteiger partial charge in [0.25, 0.3) is 0 Å². The lowest BCUT2D eigenvalue weighted by molar-refractivity contribution is -0.117. The number of benzene rings is 2. The molecule has 4 rings (SSSR count). The van der Waals surface area contributed by atoms with E-state index in [-0.39, 0.29) is 24.4 Å². The Balaban J connectivity index is 1.48. The Morgan fingerprint density at radius 1 is 1.07 bits per heavy atom. The van der Waals surface area contributed by atoms with E-state index in [0.29, 0.717) is 30.0 Å². The fourth-order valence-corrected chi connectivity index (χ4v) is 3.43. The SMILES string of the molecule is O=C(Nc1cccc(N2CCCN(Cc3cc(F)cc(F)c3)C2=O)c1)C1CC1. The Morgan fingerprint density at radius 3 is 2.54 bits per heavy atom. The molecule has 146 valence electrons. The van der Waals surface area contributed by atoms with Crippen LogP contribution in [0.1, 0.15) is 24.8 Å². The molecule has 7 heteroatoms. The number of rotatable bonds is 5. The molecule has 0 bridgehead atoms. The molecule has 1 saturated carbocycles. The summed E-state index contributed by atoms with van der Waals surface area (Å²) < 4.78 is 26.9. The first-order valence-corrected chi connectivity index (χ1v) is 9.42. The molecule has 0 spiro atoms. The second kappa shape index (κ2) is 7.58. The van der Waals surface area contributed by atoms with Crippen molar-refractivity contribution in [2.24, 2.45) is 5.92 Å². The minimum absolute atomic E-state index is 0.0110. The Kier molecular flexibility index (Phi) is 4.98. The first-order valence-electron chi connectivity index (χ1n) is 9.42. The number of amides is 3. The van der Waals surface area contributed by atoms with Crippen molar-refractivity contribution in [1.29, 1.82) is 0 Å². The molecule has 5 nitrogen and oxygen atoms in total. The van der Waals surface area contributed by atoms with Crippen LogP contribution in [-0.2, 0) is 11.3 Å². The summed E-state index contributed by atoms with van der Waals surface area (Å²) in [5, 5.41) is 2.89. The molecule has 1 aliphatic carbocycles. The Hall–Kier alpha value is -2.96. The number of nitrogens with zero attached hydrogens (tertiary/aromatic N) is 2. The van der Waals surface area contributed by atoms with Crippen LogP contribution in [0.4, 0.5) is 25.0 Å². The van der Waals surface area contributed by atoms with Gasteiger partial charge in [0, 0.05) is 43.0 Å². The highest BCUT2D eigenvalue weighted by Gasteiger charge is 2.30. The predicted octanol–water partition coefficient (Wildman–Crippen LogP) is 4.15. The van der Waals surface area contributed by atoms with Gasteiger partial charge >= 0.3 is 6.03 Å². The largest absolute Gasteiger partial charge is 0.326 e. The molecule has 1 N–H and O–H groups in total. The van der Waals surface area contributed by atoms with E-state index < -0.39 is 11.6 Å². The van der Waals surface area contributed by atoms with Crippen LogP contribution in [0, 0.1) is 17.6 Å². The van der Waals surface area contributed by atoms with E-state index in [1.165, 1.54) is 12.1 Å². The number of urea groups is 1. The summed E-state index contributed by atoms with van der Waals surface area (Å²) in [6.45, 7) is 1.21. The number of carbonyl (C=O) groups excluding carboxylic acids is 2. The molecular weight excluding hydrogens is 364 g/mol. The monoisotopic (exact) mass is 385 g/mol. The van der Waals surface area contributed by atoms with Crippen molar-refractivity contribution < 1.29 is 18.4 Å².